The first-order chi connectivity index (χ1) is 15.9. The van der Waals surface area contributed by atoms with Gasteiger partial charge in [-0.25, -0.2) is 18.0 Å². The van der Waals surface area contributed by atoms with Gasteiger partial charge in [-0.15, -0.1) is 13.2 Å². The second-order valence-corrected chi connectivity index (χ2v) is 7.24. The summed E-state index contributed by atoms with van der Waals surface area (Å²) in [4.78, 5) is 24.3. The van der Waals surface area contributed by atoms with Gasteiger partial charge >= 0.3 is 12.4 Å². The Kier molecular flexibility index (Phi) is 7.48. The lowest BCUT2D eigenvalue weighted by atomic mass is 10.2. The molecule has 3 rings (SSSR count). The third kappa shape index (κ3) is 6.27. The van der Waals surface area contributed by atoms with Gasteiger partial charge in [0.2, 0.25) is 0 Å². The zero-order valence-corrected chi connectivity index (χ0v) is 18.1. The van der Waals surface area contributed by atoms with E-state index in [0.29, 0.717) is 15.8 Å². The van der Waals surface area contributed by atoms with Crippen LogP contribution in [0.1, 0.15) is 10.4 Å². The van der Waals surface area contributed by atoms with Crippen LogP contribution in [0.3, 0.4) is 0 Å². The van der Waals surface area contributed by atoms with Crippen molar-refractivity contribution in [2.45, 2.75) is 6.36 Å². The number of alkyl halides is 3. The fourth-order valence-corrected chi connectivity index (χ4v) is 3.03. The normalized spacial score (nSPS) is 11.0. The van der Waals surface area contributed by atoms with Gasteiger partial charge in [-0.3, -0.25) is 10.1 Å². The van der Waals surface area contributed by atoms with E-state index in [1.165, 1.54) is 30.3 Å². The van der Waals surface area contributed by atoms with Gasteiger partial charge in [0, 0.05) is 17.5 Å². The van der Waals surface area contributed by atoms with Crippen molar-refractivity contribution in [2.24, 2.45) is 0 Å². The number of benzene rings is 3. The Bertz CT molecular complexity index is 1200. The van der Waals surface area contributed by atoms with E-state index in [1.54, 1.807) is 5.32 Å². The van der Waals surface area contributed by atoms with Crippen LogP contribution < -0.4 is 19.8 Å². The summed E-state index contributed by atoms with van der Waals surface area (Å²) in [5.74, 6) is -4.08. The highest BCUT2D eigenvalue weighted by Gasteiger charge is 2.31. The maximum absolute atomic E-state index is 13.7. The molecule has 0 heterocycles. The summed E-state index contributed by atoms with van der Waals surface area (Å²) in [5.41, 5.74) is -0.261. The van der Waals surface area contributed by atoms with Gasteiger partial charge in [-0.1, -0.05) is 17.7 Å². The Labute approximate surface area is 198 Å². The van der Waals surface area contributed by atoms with Crippen LogP contribution >= 0.6 is 23.4 Å². The molecule has 0 atom stereocenters. The van der Waals surface area contributed by atoms with Crippen LogP contribution in [0.4, 0.5) is 43.8 Å². The minimum atomic E-state index is -4.82. The van der Waals surface area contributed by atoms with E-state index in [4.69, 9.17) is 23.4 Å². The zero-order valence-electron chi connectivity index (χ0n) is 16.6. The molecule has 13 heteroatoms. The molecule has 3 aromatic rings. The Balaban J connectivity index is 1.68. The molecule has 2 N–H and O–H groups in total. The number of hydrogen-bond acceptors (Lipinski definition) is 4. The van der Waals surface area contributed by atoms with E-state index in [9.17, 15) is 31.5 Å². The molecule has 0 bridgehead atoms. The van der Waals surface area contributed by atoms with Crippen LogP contribution in [0.2, 0.25) is 5.02 Å². The van der Waals surface area contributed by atoms with Crippen LogP contribution in [0.15, 0.2) is 60.7 Å². The summed E-state index contributed by atoms with van der Waals surface area (Å²) in [6.07, 6.45) is -4.82. The van der Waals surface area contributed by atoms with Gasteiger partial charge in [0.15, 0.2) is 0 Å². The SMILES string of the molecule is O=C(NC(=O)N(Cl)c1ccc(Nc2ccc(OC(F)(F)F)cc2)c(Cl)c1)c1c(F)cccc1F. The first-order valence-corrected chi connectivity index (χ1v) is 9.84. The number of anilines is 3. The summed E-state index contributed by atoms with van der Waals surface area (Å²) in [6, 6.07) is 10.4. The zero-order chi connectivity index (χ0) is 25.0. The van der Waals surface area contributed by atoms with Crippen molar-refractivity contribution < 1.29 is 36.3 Å². The topological polar surface area (TPSA) is 70.7 Å². The first kappa shape index (κ1) is 25.1. The number of hydrogen-bond donors (Lipinski definition) is 2. The Morgan fingerprint density at radius 3 is 2.12 bits per heavy atom. The number of nitrogens with zero attached hydrogens (tertiary/aromatic N) is 1. The van der Waals surface area contributed by atoms with Crippen molar-refractivity contribution in [2.75, 3.05) is 9.74 Å². The third-order valence-electron chi connectivity index (χ3n) is 4.13. The van der Waals surface area contributed by atoms with E-state index in [1.807, 2.05) is 0 Å². The van der Waals surface area contributed by atoms with Crippen molar-refractivity contribution in [3.05, 3.63) is 82.9 Å². The fraction of sp³-hybridized carbons (Fsp3) is 0.0476. The monoisotopic (exact) mass is 519 g/mol. The number of amides is 3. The fourth-order valence-electron chi connectivity index (χ4n) is 2.66. The molecule has 34 heavy (non-hydrogen) atoms. The molecule has 0 aromatic heterocycles. The van der Waals surface area contributed by atoms with Crippen LogP contribution in [-0.4, -0.2) is 18.3 Å². The number of carbonyl (C=O) groups excluding carboxylic acids is 2. The molecule has 0 saturated heterocycles. The minimum absolute atomic E-state index is 0.00504. The predicted molar refractivity (Wildman–Crippen MR) is 115 cm³/mol. The van der Waals surface area contributed by atoms with Crippen molar-refractivity contribution in [3.63, 3.8) is 0 Å². The second-order valence-electron chi connectivity index (χ2n) is 6.50. The Morgan fingerprint density at radius 1 is 0.941 bits per heavy atom. The minimum Gasteiger partial charge on any atom is -0.406 e. The average Bonchev–Trinajstić information content (AvgIpc) is 2.74. The van der Waals surface area contributed by atoms with Crippen molar-refractivity contribution in [1.82, 2.24) is 5.32 Å². The Hall–Kier alpha value is -3.57. The maximum atomic E-state index is 13.7. The molecular formula is C21H12Cl2F5N3O3. The lowest BCUT2D eigenvalue weighted by molar-refractivity contribution is -0.274. The molecule has 3 amide bonds. The number of carbonyl (C=O) groups is 2. The quantitative estimate of drug-likeness (QED) is 0.288. The van der Waals surface area contributed by atoms with E-state index in [2.05, 4.69) is 10.1 Å². The van der Waals surface area contributed by atoms with Crippen LogP contribution in [-0.2, 0) is 0 Å². The molecule has 178 valence electrons. The van der Waals surface area contributed by atoms with Crippen LogP contribution in [0.5, 0.6) is 5.75 Å². The number of imide groups is 1. The van der Waals surface area contributed by atoms with E-state index in [0.717, 1.165) is 30.3 Å². The number of urea groups is 1. The van der Waals surface area contributed by atoms with Gasteiger partial charge in [-0.2, -0.15) is 0 Å². The summed E-state index contributed by atoms with van der Waals surface area (Å²) in [6.45, 7) is 0. The molecular weight excluding hydrogens is 508 g/mol. The van der Waals surface area contributed by atoms with Gasteiger partial charge < -0.3 is 10.1 Å². The summed E-state index contributed by atoms with van der Waals surface area (Å²) < 4.78 is 68.4. The highest BCUT2D eigenvalue weighted by atomic mass is 35.5. The lowest BCUT2D eigenvalue weighted by Gasteiger charge is -2.16. The third-order valence-corrected chi connectivity index (χ3v) is 4.80. The van der Waals surface area contributed by atoms with Gasteiger partial charge in [0.05, 0.1) is 16.4 Å². The highest BCUT2D eigenvalue weighted by Crippen LogP contribution is 2.32. The molecule has 0 aliphatic rings. The molecule has 0 radical (unpaired) electrons. The van der Waals surface area contributed by atoms with E-state index in [-0.39, 0.29) is 10.7 Å². The van der Waals surface area contributed by atoms with E-state index < -0.39 is 41.2 Å². The van der Waals surface area contributed by atoms with Crippen LogP contribution in [0, 0.1) is 11.6 Å². The summed E-state index contributed by atoms with van der Waals surface area (Å²) >= 11 is 12.1. The number of nitrogens with one attached hydrogen (secondary N) is 2. The number of ether oxygens (including phenoxy) is 1. The van der Waals surface area contributed by atoms with Crippen molar-refractivity contribution >= 4 is 52.4 Å². The molecule has 0 aliphatic heterocycles. The number of rotatable bonds is 5. The van der Waals surface area contributed by atoms with E-state index >= 15 is 0 Å². The Morgan fingerprint density at radius 2 is 1.56 bits per heavy atom. The lowest BCUT2D eigenvalue weighted by Crippen LogP contribution is -2.39. The highest BCUT2D eigenvalue weighted by molar-refractivity contribution is 6.38. The molecule has 0 saturated carbocycles. The smallest absolute Gasteiger partial charge is 0.406 e. The van der Waals surface area contributed by atoms with Crippen molar-refractivity contribution in [3.8, 4) is 5.75 Å². The number of halogens is 7. The molecule has 0 spiro atoms. The first-order valence-electron chi connectivity index (χ1n) is 9.12. The largest absolute Gasteiger partial charge is 0.573 e. The second kappa shape index (κ2) is 10.1. The summed E-state index contributed by atoms with van der Waals surface area (Å²) in [5, 5.41) is 4.67. The molecule has 0 unspecified atom stereocenters. The molecule has 6 nitrogen and oxygen atoms in total. The van der Waals surface area contributed by atoms with Gasteiger partial charge in [0.1, 0.15) is 22.9 Å². The average molecular weight is 520 g/mol. The molecule has 3 aromatic carbocycles. The standard InChI is InChI=1S/C21H12Cl2F5N3O3/c22-14-10-12(31(23)20(33)30-19(32)18-15(24)2-1-3-16(18)25)6-9-17(14)29-11-4-7-13(8-5-11)34-21(26,27)28/h1-10,29H,(H,30,32,33). The summed E-state index contributed by atoms with van der Waals surface area (Å²) in [7, 11) is 0. The molecule has 0 fully saturated rings. The maximum Gasteiger partial charge on any atom is 0.573 e. The van der Waals surface area contributed by atoms with Gasteiger partial charge in [0.25, 0.3) is 5.91 Å². The van der Waals surface area contributed by atoms with Crippen molar-refractivity contribution in [1.29, 1.82) is 0 Å². The van der Waals surface area contributed by atoms with Crippen LogP contribution in [0.25, 0.3) is 0 Å². The predicted octanol–water partition coefficient (Wildman–Crippen LogP) is 6.77. The molecule has 0 aliphatic carbocycles. The van der Waals surface area contributed by atoms with Gasteiger partial charge in [-0.05, 0) is 54.6 Å².